The van der Waals surface area contributed by atoms with Gasteiger partial charge < -0.3 is 15.5 Å². The number of carbonyl (C=O) groups excluding carboxylic acids is 1. The molecule has 4 nitrogen and oxygen atoms in total. The molecule has 1 aliphatic heterocycles. The van der Waals surface area contributed by atoms with Gasteiger partial charge in [-0.15, -0.1) is 0 Å². The standard InChI is InChI=1S/C19H31N3O/c1-15(16-9-6-10-20-12-16)11-19(23)21-13-17-7-4-5-8-18(17)14-22(2)3/h4-5,7-8,15-16,20H,6,9-14H2,1-3H3,(H,21,23). The molecular weight excluding hydrogens is 286 g/mol. The van der Waals surface area contributed by atoms with Crippen LogP contribution < -0.4 is 10.6 Å². The first-order chi connectivity index (χ1) is 11.1. The lowest BCUT2D eigenvalue weighted by Crippen LogP contribution is -2.35. The Balaban J connectivity index is 1.82. The van der Waals surface area contributed by atoms with Gasteiger partial charge in [-0.25, -0.2) is 0 Å². The van der Waals surface area contributed by atoms with E-state index in [0.717, 1.165) is 19.6 Å². The molecule has 1 aromatic carbocycles. The van der Waals surface area contributed by atoms with E-state index in [9.17, 15) is 4.79 Å². The number of nitrogens with zero attached hydrogens (tertiary/aromatic N) is 1. The minimum atomic E-state index is 0.169. The summed E-state index contributed by atoms with van der Waals surface area (Å²) in [5, 5.41) is 6.54. The number of amides is 1. The molecule has 0 bridgehead atoms. The van der Waals surface area contributed by atoms with E-state index in [0.29, 0.717) is 24.8 Å². The molecule has 1 fully saturated rings. The summed E-state index contributed by atoms with van der Waals surface area (Å²) in [5.74, 6) is 1.25. The maximum atomic E-state index is 12.3. The van der Waals surface area contributed by atoms with Gasteiger partial charge in [-0.3, -0.25) is 4.79 Å². The van der Waals surface area contributed by atoms with Crippen molar-refractivity contribution in [2.45, 2.75) is 39.3 Å². The van der Waals surface area contributed by atoms with E-state index in [1.165, 1.54) is 24.0 Å². The molecule has 0 aromatic heterocycles. The van der Waals surface area contributed by atoms with E-state index in [-0.39, 0.29) is 5.91 Å². The lowest BCUT2D eigenvalue weighted by molar-refractivity contribution is -0.122. The Bertz CT molecular complexity index is 495. The summed E-state index contributed by atoms with van der Waals surface area (Å²) in [6, 6.07) is 8.34. The third kappa shape index (κ3) is 5.96. The van der Waals surface area contributed by atoms with Gasteiger partial charge in [0.25, 0.3) is 0 Å². The van der Waals surface area contributed by atoms with Gasteiger partial charge in [0.15, 0.2) is 0 Å². The highest BCUT2D eigenvalue weighted by Gasteiger charge is 2.21. The van der Waals surface area contributed by atoms with Crippen LogP contribution in [0.15, 0.2) is 24.3 Å². The van der Waals surface area contributed by atoms with Gasteiger partial charge in [0, 0.05) is 19.5 Å². The van der Waals surface area contributed by atoms with Crippen molar-refractivity contribution in [3.63, 3.8) is 0 Å². The van der Waals surface area contributed by atoms with E-state index in [1.54, 1.807) is 0 Å². The lowest BCUT2D eigenvalue weighted by Gasteiger charge is -2.28. The molecule has 1 aromatic rings. The normalized spacial score (nSPS) is 19.6. The van der Waals surface area contributed by atoms with Gasteiger partial charge in [-0.1, -0.05) is 31.2 Å². The van der Waals surface area contributed by atoms with Crippen molar-refractivity contribution >= 4 is 5.91 Å². The molecule has 0 aliphatic carbocycles. The van der Waals surface area contributed by atoms with Crippen LogP contribution in [-0.4, -0.2) is 38.0 Å². The molecular formula is C19H31N3O. The van der Waals surface area contributed by atoms with Gasteiger partial charge in [0.2, 0.25) is 5.91 Å². The van der Waals surface area contributed by atoms with Crippen LogP contribution in [0.3, 0.4) is 0 Å². The summed E-state index contributed by atoms with van der Waals surface area (Å²) in [7, 11) is 4.13. The first-order valence-corrected chi connectivity index (χ1v) is 8.75. The molecule has 1 aliphatic rings. The Morgan fingerprint density at radius 1 is 1.35 bits per heavy atom. The summed E-state index contributed by atoms with van der Waals surface area (Å²) in [6.07, 6.45) is 3.10. The molecule has 4 heteroatoms. The van der Waals surface area contributed by atoms with Crippen molar-refractivity contribution in [1.29, 1.82) is 0 Å². The van der Waals surface area contributed by atoms with Crippen LogP contribution in [0.2, 0.25) is 0 Å². The lowest BCUT2D eigenvalue weighted by atomic mass is 9.85. The molecule has 2 rings (SSSR count). The predicted octanol–water partition coefficient (Wildman–Crippen LogP) is 2.39. The number of piperidine rings is 1. The molecule has 2 N–H and O–H groups in total. The number of nitrogens with one attached hydrogen (secondary N) is 2. The topological polar surface area (TPSA) is 44.4 Å². The van der Waals surface area contributed by atoms with Crippen LogP contribution in [-0.2, 0) is 17.9 Å². The monoisotopic (exact) mass is 317 g/mol. The molecule has 0 spiro atoms. The SMILES string of the molecule is CC(CC(=O)NCc1ccccc1CN(C)C)C1CCCNC1. The molecule has 2 atom stereocenters. The van der Waals surface area contributed by atoms with Crippen molar-refractivity contribution < 1.29 is 4.79 Å². The minimum Gasteiger partial charge on any atom is -0.352 e. The third-order valence-corrected chi connectivity index (χ3v) is 4.73. The zero-order valence-electron chi connectivity index (χ0n) is 14.8. The van der Waals surface area contributed by atoms with Gasteiger partial charge in [-0.05, 0) is 63.0 Å². The molecule has 128 valence electrons. The molecule has 2 unspecified atom stereocenters. The molecule has 1 saturated heterocycles. The largest absolute Gasteiger partial charge is 0.352 e. The highest BCUT2D eigenvalue weighted by molar-refractivity contribution is 5.76. The second-order valence-electron chi connectivity index (χ2n) is 7.07. The first-order valence-electron chi connectivity index (χ1n) is 8.75. The van der Waals surface area contributed by atoms with Crippen LogP contribution in [0.1, 0.15) is 37.3 Å². The second-order valence-corrected chi connectivity index (χ2v) is 7.07. The molecule has 23 heavy (non-hydrogen) atoms. The Hall–Kier alpha value is -1.39. The van der Waals surface area contributed by atoms with Crippen LogP contribution in [0, 0.1) is 11.8 Å². The zero-order chi connectivity index (χ0) is 16.7. The molecule has 0 saturated carbocycles. The Kier molecular flexibility index (Phi) is 7.06. The fraction of sp³-hybridized carbons (Fsp3) is 0.632. The maximum Gasteiger partial charge on any atom is 0.220 e. The summed E-state index contributed by atoms with van der Waals surface area (Å²) in [4.78, 5) is 14.4. The number of hydrogen-bond donors (Lipinski definition) is 2. The zero-order valence-corrected chi connectivity index (χ0v) is 14.8. The van der Waals surface area contributed by atoms with Crippen LogP contribution in [0.5, 0.6) is 0 Å². The molecule has 1 heterocycles. The van der Waals surface area contributed by atoms with Gasteiger partial charge in [-0.2, -0.15) is 0 Å². The fourth-order valence-corrected chi connectivity index (χ4v) is 3.31. The van der Waals surface area contributed by atoms with E-state index in [4.69, 9.17) is 0 Å². The van der Waals surface area contributed by atoms with E-state index < -0.39 is 0 Å². The van der Waals surface area contributed by atoms with Crippen molar-refractivity contribution in [3.05, 3.63) is 35.4 Å². The number of benzene rings is 1. The summed E-state index contributed by atoms with van der Waals surface area (Å²) < 4.78 is 0. The van der Waals surface area contributed by atoms with E-state index >= 15 is 0 Å². The Morgan fingerprint density at radius 3 is 2.74 bits per heavy atom. The smallest absolute Gasteiger partial charge is 0.220 e. The summed E-state index contributed by atoms with van der Waals surface area (Å²) >= 11 is 0. The highest BCUT2D eigenvalue weighted by atomic mass is 16.1. The quantitative estimate of drug-likeness (QED) is 0.811. The predicted molar refractivity (Wildman–Crippen MR) is 95.1 cm³/mol. The van der Waals surface area contributed by atoms with E-state index in [1.807, 2.05) is 6.07 Å². The number of carbonyl (C=O) groups is 1. The number of rotatable bonds is 7. The Labute approximate surface area is 140 Å². The van der Waals surface area contributed by atoms with Crippen molar-refractivity contribution in [3.8, 4) is 0 Å². The van der Waals surface area contributed by atoms with E-state index in [2.05, 4.69) is 54.8 Å². The van der Waals surface area contributed by atoms with Crippen LogP contribution in [0.4, 0.5) is 0 Å². The van der Waals surface area contributed by atoms with Crippen molar-refractivity contribution in [1.82, 2.24) is 15.5 Å². The van der Waals surface area contributed by atoms with Crippen LogP contribution >= 0.6 is 0 Å². The molecule has 0 radical (unpaired) electrons. The number of hydrogen-bond acceptors (Lipinski definition) is 3. The Morgan fingerprint density at radius 2 is 2.09 bits per heavy atom. The third-order valence-electron chi connectivity index (χ3n) is 4.73. The fourth-order valence-electron chi connectivity index (χ4n) is 3.31. The van der Waals surface area contributed by atoms with Crippen molar-refractivity contribution in [2.75, 3.05) is 27.2 Å². The van der Waals surface area contributed by atoms with Gasteiger partial charge in [0.1, 0.15) is 0 Å². The summed E-state index contributed by atoms with van der Waals surface area (Å²) in [5.41, 5.74) is 2.49. The van der Waals surface area contributed by atoms with Crippen LogP contribution in [0.25, 0.3) is 0 Å². The minimum absolute atomic E-state index is 0.169. The highest BCUT2D eigenvalue weighted by Crippen LogP contribution is 2.22. The maximum absolute atomic E-state index is 12.3. The van der Waals surface area contributed by atoms with Gasteiger partial charge in [0.05, 0.1) is 0 Å². The average Bonchev–Trinajstić information content (AvgIpc) is 2.54. The van der Waals surface area contributed by atoms with Crippen molar-refractivity contribution in [2.24, 2.45) is 11.8 Å². The molecule has 1 amide bonds. The van der Waals surface area contributed by atoms with Gasteiger partial charge >= 0.3 is 0 Å². The first kappa shape index (κ1) is 18.0. The average molecular weight is 317 g/mol. The second kappa shape index (κ2) is 9.04. The summed E-state index contributed by atoms with van der Waals surface area (Å²) in [6.45, 7) is 5.91.